The van der Waals surface area contributed by atoms with Crippen LogP contribution in [0, 0.1) is 11.8 Å². The highest BCUT2D eigenvalue weighted by atomic mass is 16.5. The van der Waals surface area contributed by atoms with Crippen LogP contribution in [0.4, 0.5) is 0 Å². The summed E-state index contributed by atoms with van der Waals surface area (Å²) in [4.78, 5) is 24.7. The van der Waals surface area contributed by atoms with E-state index in [2.05, 4.69) is 0 Å². The lowest BCUT2D eigenvalue weighted by atomic mass is 9.52. The molecule has 4 nitrogen and oxygen atoms in total. The van der Waals surface area contributed by atoms with Gasteiger partial charge in [0.2, 0.25) is 0 Å². The Kier molecular flexibility index (Phi) is 4.65. The maximum atomic E-state index is 12.4. The lowest BCUT2D eigenvalue weighted by molar-refractivity contribution is -0.168. The molecule has 3 rings (SSSR count). The zero-order valence-electron chi connectivity index (χ0n) is 13.7. The number of benzene rings is 2. The van der Waals surface area contributed by atoms with Crippen LogP contribution in [0.2, 0.25) is 0 Å². The topological polar surface area (TPSA) is 52.6 Å². The number of methoxy groups -OCH3 is 2. The molecule has 0 radical (unpaired) electrons. The number of carbonyl (C=O) groups is 2. The van der Waals surface area contributed by atoms with Crippen molar-refractivity contribution in [3.8, 4) is 0 Å². The van der Waals surface area contributed by atoms with E-state index in [1.54, 1.807) is 0 Å². The van der Waals surface area contributed by atoms with Gasteiger partial charge in [0, 0.05) is 11.8 Å². The van der Waals surface area contributed by atoms with Gasteiger partial charge in [-0.2, -0.15) is 0 Å². The Bertz CT molecular complexity index is 647. The molecular formula is C20H20O4. The van der Waals surface area contributed by atoms with Crippen molar-refractivity contribution in [1.29, 1.82) is 0 Å². The summed E-state index contributed by atoms with van der Waals surface area (Å²) in [6.45, 7) is 0. The predicted octanol–water partition coefficient (Wildman–Crippen LogP) is 3.15. The van der Waals surface area contributed by atoms with Gasteiger partial charge in [-0.05, 0) is 11.1 Å². The summed E-state index contributed by atoms with van der Waals surface area (Å²) >= 11 is 0. The van der Waals surface area contributed by atoms with Gasteiger partial charge in [-0.15, -0.1) is 0 Å². The van der Waals surface area contributed by atoms with E-state index in [-0.39, 0.29) is 23.8 Å². The van der Waals surface area contributed by atoms with Crippen molar-refractivity contribution >= 4 is 11.9 Å². The molecule has 0 bridgehead atoms. The number of carbonyl (C=O) groups excluding carboxylic acids is 2. The molecule has 1 aliphatic carbocycles. The first-order valence-electron chi connectivity index (χ1n) is 7.94. The van der Waals surface area contributed by atoms with Crippen molar-refractivity contribution in [2.45, 2.75) is 11.8 Å². The van der Waals surface area contributed by atoms with Crippen LogP contribution in [0.25, 0.3) is 0 Å². The summed E-state index contributed by atoms with van der Waals surface area (Å²) in [5, 5.41) is 0. The molecule has 2 aromatic carbocycles. The molecular weight excluding hydrogens is 304 g/mol. The highest BCUT2D eigenvalue weighted by Crippen LogP contribution is 2.58. The fourth-order valence-electron chi connectivity index (χ4n) is 3.79. The Hall–Kier alpha value is -2.62. The molecule has 1 saturated carbocycles. The van der Waals surface area contributed by atoms with E-state index >= 15 is 0 Å². The van der Waals surface area contributed by atoms with E-state index in [4.69, 9.17) is 9.47 Å². The minimum absolute atomic E-state index is 0.106. The average Bonchev–Trinajstić information content (AvgIpc) is 2.62. The molecule has 0 heterocycles. The van der Waals surface area contributed by atoms with Crippen molar-refractivity contribution in [3.63, 3.8) is 0 Å². The first-order chi connectivity index (χ1) is 11.7. The standard InChI is InChI=1S/C20H20O4/c1-23-19(21)17-15(13-9-5-3-6-10-13)16(18(17)20(22)24-2)14-11-7-4-8-12-14/h3-12,15-18H,1-2H3/t15-,16-,17-,18+/m0/s1. The molecule has 0 unspecified atom stereocenters. The third-order valence-electron chi connectivity index (χ3n) is 4.86. The number of hydrogen-bond acceptors (Lipinski definition) is 4. The fraction of sp³-hybridized carbons (Fsp3) is 0.300. The van der Waals surface area contributed by atoms with E-state index in [9.17, 15) is 9.59 Å². The van der Waals surface area contributed by atoms with Gasteiger partial charge in [-0.25, -0.2) is 0 Å². The molecule has 4 atom stereocenters. The van der Waals surface area contributed by atoms with Crippen LogP contribution in [0.15, 0.2) is 60.7 Å². The van der Waals surface area contributed by atoms with Gasteiger partial charge in [-0.1, -0.05) is 60.7 Å². The van der Waals surface area contributed by atoms with Crippen LogP contribution >= 0.6 is 0 Å². The molecule has 124 valence electrons. The van der Waals surface area contributed by atoms with Crippen molar-refractivity contribution in [2.24, 2.45) is 11.8 Å². The fourth-order valence-corrected chi connectivity index (χ4v) is 3.79. The van der Waals surface area contributed by atoms with Crippen molar-refractivity contribution in [2.75, 3.05) is 14.2 Å². The maximum Gasteiger partial charge on any atom is 0.310 e. The first kappa shape index (κ1) is 16.2. The zero-order chi connectivity index (χ0) is 17.1. The minimum atomic E-state index is -0.532. The summed E-state index contributed by atoms with van der Waals surface area (Å²) in [7, 11) is 2.71. The molecule has 1 aliphatic rings. The Balaban J connectivity index is 2.07. The summed E-state index contributed by atoms with van der Waals surface area (Å²) in [5.74, 6) is -2.02. The highest BCUT2D eigenvalue weighted by molar-refractivity contribution is 5.87. The number of rotatable bonds is 4. The second kappa shape index (κ2) is 6.87. The van der Waals surface area contributed by atoms with E-state index in [0.717, 1.165) is 11.1 Å². The minimum Gasteiger partial charge on any atom is -0.469 e. The smallest absolute Gasteiger partial charge is 0.310 e. The third-order valence-corrected chi connectivity index (χ3v) is 4.86. The van der Waals surface area contributed by atoms with Gasteiger partial charge in [0.25, 0.3) is 0 Å². The molecule has 0 aromatic heterocycles. The second-order valence-corrected chi connectivity index (χ2v) is 5.97. The van der Waals surface area contributed by atoms with Crippen molar-refractivity contribution in [1.82, 2.24) is 0 Å². The van der Waals surface area contributed by atoms with E-state index in [1.807, 2.05) is 60.7 Å². The van der Waals surface area contributed by atoms with Gasteiger partial charge >= 0.3 is 11.9 Å². The van der Waals surface area contributed by atoms with Crippen LogP contribution in [0.5, 0.6) is 0 Å². The van der Waals surface area contributed by atoms with Crippen molar-refractivity contribution < 1.29 is 19.1 Å². The van der Waals surface area contributed by atoms with Crippen LogP contribution in [-0.4, -0.2) is 26.2 Å². The molecule has 0 N–H and O–H groups in total. The normalized spacial score (nSPS) is 25.4. The largest absolute Gasteiger partial charge is 0.469 e. The average molecular weight is 324 g/mol. The lowest BCUT2D eigenvalue weighted by Crippen LogP contribution is -2.52. The first-order valence-corrected chi connectivity index (χ1v) is 7.94. The lowest BCUT2D eigenvalue weighted by Gasteiger charge is -2.49. The Morgan fingerprint density at radius 1 is 0.667 bits per heavy atom. The summed E-state index contributed by atoms with van der Waals surface area (Å²) in [5.41, 5.74) is 2.06. The molecule has 24 heavy (non-hydrogen) atoms. The summed E-state index contributed by atoms with van der Waals surface area (Å²) < 4.78 is 9.94. The van der Waals surface area contributed by atoms with Crippen LogP contribution in [0.1, 0.15) is 23.0 Å². The van der Waals surface area contributed by atoms with Gasteiger partial charge in [0.1, 0.15) is 0 Å². The van der Waals surface area contributed by atoms with E-state index in [1.165, 1.54) is 14.2 Å². The number of esters is 2. The van der Waals surface area contributed by atoms with Gasteiger partial charge in [0.05, 0.1) is 26.1 Å². The number of ether oxygens (including phenoxy) is 2. The summed E-state index contributed by atoms with van der Waals surface area (Å²) in [6, 6.07) is 19.6. The van der Waals surface area contributed by atoms with E-state index in [0.29, 0.717) is 0 Å². The van der Waals surface area contributed by atoms with Gasteiger partial charge in [-0.3, -0.25) is 9.59 Å². The van der Waals surface area contributed by atoms with Gasteiger partial charge < -0.3 is 9.47 Å². The molecule has 0 amide bonds. The molecule has 0 spiro atoms. The molecule has 0 aliphatic heterocycles. The van der Waals surface area contributed by atoms with E-state index < -0.39 is 11.8 Å². The van der Waals surface area contributed by atoms with Crippen molar-refractivity contribution in [3.05, 3.63) is 71.8 Å². The Morgan fingerprint density at radius 2 is 1.00 bits per heavy atom. The van der Waals surface area contributed by atoms with Crippen LogP contribution in [-0.2, 0) is 19.1 Å². The van der Waals surface area contributed by atoms with Gasteiger partial charge in [0.15, 0.2) is 0 Å². The third kappa shape index (κ3) is 2.68. The quantitative estimate of drug-likeness (QED) is 0.811. The highest BCUT2D eigenvalue weighted by Gasteiger charge is 2.59. The van der Waals surface area contributed by atoms with Crippen LogP contribution < -0.4 is 0 Å². The second-order valence-electron chi connectivity index (χ2n) is 5.97. The molecule has 2 aromatic rings. The molecule has 1 fully saturated rings. The summed E-state index contributed by atoms with van der Waals surface area (Å²) in [6.07, 6.45) is 0. The maximum absolute atomic E-state index is 12.4. The Labute approximate surface area is 141 Å². The SMILES string of the molecule is COC(=O)[C@@H]1[C@H](C(=O)OC)[C@@H](c2ccccc2)[C@@H]1c1ccccc1. The zero-order valence-corrected chi connectivity index (χ0v) is 13.7. The number of hydrogen-bond donors (Lipinski definition) is 0. The molecule has 0 saturated heterocycles. The monoisotopic (exact) mass is 324 g/mol. The van der Waals surface area contributed by atoms with Crippen LogP contribution in [0.3, 0.4) is 0 Å². The molecule has 4 heteroatoms. The predicted molar refractivity (Wildman–Crippen MR) is 89.4 cm³/mol. The Morgan fingerprint density at radius 3 is 1.29 bits per heavy atom.